The van der Waals surface area contributed by atoms with E-state index < -0.39 is 12.3 Å². The third-order valence-electron chi connectivity index (χ3n) is 3.01. The van der Waals surface area contributed by atoms with E-state index in [9.17, 15) is 9.18 Å². The van der Waals surface area contributed by atoms with Crippen molar-refractivity contribution in [2.45, 2.75) is 6.29 Å². The molecule has 0 radical (unpaired) electrons. The van der Waals surface area contributed by atoms with Gasteiger partial charge in [-0.1, -0.05) is 28.4 Å². The van der Waals surface area contributed by atoms with Crippen LogP contribution in [0.1, 0.15) is 22.2 Å². The fourth-order valence-electron chi connectivity index (χ4n) is 1.90. The molecule has 0 aromatic heterocycles. The highest BCUT2D eigenvalue weighted by Crippen LogP contribution is 2.31. The summed E-state index contributed by atoms with van der Waals surface area (Å²) in [6.07, 6.45) is -0.831. The molecule has 0 bridgehead atoms. The molecule has 1 saturated heterocycles. The summed E-state index contributed by atoms with van der Waals surface area (Å²) in [6, 6.07) is 12.1. The quantitative estimate of drug-likeness (QED) is 0.642. The van der Waals surface area contributed by atoms with Crippen molar-refractivity contribution in [2.75, 3.05) is 12.3 Å². The first-order valence-corrected chi connectivity index (χ1v) is 6.41. The van der Waals surface area contributed by atoms with Crippen LogP contribution in [0.25, 0.3) is 0 Å². The molecule has 0 saturated carbocycles. The van der Waals surface area contributed by atoms with Crippen LogP contribution in [0.4, 0.5) is 10.1 Å². The number of carbonyl (C=O) groups is 1. The summed E-state index contributed by atoms with van der Waals surface area (Å²) >= 11 is 0. The Morgan fingerprint density at radius 1 is 1.23 bits per heavy atom. The number of nitrogens with zero attached hydrogens (tertiary/aromatic N) is 1. The number of benzene rings is 2. The van der Waals surface area contributed by atoms with E-state index in [1.165, 1.54) is 37.4 Å². The number of hydrogen-bond acceptors (Lipinski definition) is 6. The SMILES string of the molecule is COC(=O)c1cccc(N2OOC(c3ccc(F)cc3)O2)c1. The van der Waals surface area contributed by atoms with E-state index in [1.807, 2.05) is 0 Å². The first kappa shape index (κ1) is 14.5. The van der Waals surface area contributed by atoms with Crippen molar-refractivity contribution >= 4 is 11.7 Å². The van der Waals surface area contributed by atoms with Crippen molar-refractivity contribution in [3.63, 3.8) is 0 Å². The van der Waals surface area contributed by atoms with E-state index in [0.717, 1.165) is 5.23 Å². The van der Waals surface area contributed by atoms with Crippen molar-refractivity contribution < 1.29 is 28.6 Å². The number of anilines is 1. The maximum absolute atomic E-state index is 12.9. The van der Waals surface area contributed by atoms with Crippen LogP contribution in [0.2, 0.25) is 0 Å². The van der Waals surface area contributed by atoms with E-state index in [4.69, 9.17) is 14.7 Å². The predicted molar refractivity (Wildman–Crippen MR) is 72.7 cm³/mol. The Morgan fingerprint density at radius 2 is 2.00 bits per heavy atom. The first-order chi connectivity index (χ1) is 10.7. The topological polar surface area (TPSA) is 57.2 Å². The molecule has 0 spiro atoms. The Balaban J connectivity index is 1.75. The Hall–Kier alpha value is -2.48. The average Bonchev–Trinajstić information content (AvgIpc) is 3.05. The standard InChI is InChI=1S/C15H12FNO5/c1-19-14(18)11-3-2-4-13(9-11)17-20-15(21-22-17)10-5-7-12(16)8-6-10/h2-9,15H,1H3. The van der Waals surface area contributed by atoms with Crippen molar-refractivity contribution in [2.24, 2.45) is 0 Å². The van der Waals surface area contributed by atoms with Crippen LogP contribution in [0.15, 0.2) is 48.5 Å². The fourth-order valence-corrected chi connectivity index (χ4v) is 1.90. The highest BCUT2D eigenvalue weighted by molar-refractivity contribution is 5.90. The lowest BCUT2D eigenvalue weighted by Gasteiger charge is -2.12. The molecule has 0 amide bonds. The summed E-state index contributed by atoms with van der Waals surface area (Å²) in [6.45, 7) is 0. The Morgan fingerprint density at radius 3 is 2.73 bits per heavy atom. The van der Waals surface area contributed by atoms with Crippen molar-refractivity contribution in [3.05, 3.63) is 65.5 Å². The summed E-state index contributed by atoms with van der Waals surface area (Å²) in [4.78, 5) is 27.0. The molecule has 2 aromatic carbocycles. The van der Waals surface area contributed by atoms with Crippen LogP contribution < -0.4 is 5.23 Å². The molecule has 114 valence electrons. The van der Waals surface area contributed by atoms with Gasteiger partial charge in [0.25, 0.3) is 0 Å². The zero-order valence-corrected chi connectivity index (χ0v) is 11.6. The summed E-state index contributed by atoms with van der Waals surface area (Å²) in [5, 5.41) is 1.03. The molecule has 1 unspecified atom stereocenters. The second-order valence-corrected chi connectivity index (χ2v) is 4.46. The van der Waals surface area contributed by atoms with Gasteiger partial charge in [-0.05, 0) is 30.3 Å². The lowest BCUT2D eigenvalue weighted by molar-refractivity contribution is -0.286. The summed E-state index contributed by atoms with van der Waals surface area (Å²) in [7, 11) is 1.30. The fraction of sp³-hybridized carbons (Fsp3) is 0.133. The lowest BCUT2D eigenvalue weighted by Crippen LogP contribution is -2.15. The van der Waals surface area contributed by atoms with E-state index in [-0.39, 0.29) is 5.82 Å². The minimum atomic E-state index is -0.831. The molecular formula is C15H12FNO5. The number of esters is 1. The van der Waals surface area contributed by atoms with Gasteiger partial charge in [-0.15, -0.1) is 0 Å². The normalized spacial score (nSPS) is 17.5. The van der Waals surface area contributed by atoms with Gasteiger partial charge < -0.3 is 4.74 Å². The molecule has 0 N–H and O–H groups in total. The van der Waals surface area contributed by atoms with E-state index in [0.29, 0.717) is 16.8 Å². The van der Waals surface area contributed by atoms with Crippen molar-refractivity contribution in [3.8, 4) is 0 Å². The van der Waals surface area contributed by atoms with Crippen LogP contribution in [-0.4, -0.2) is 13.1 Å². The lowest BCUT2D eigenvalue weighted by atomic mass is 10.2. The molecule has 1 heterocycles. The van der Waals surface area contributed by atoms with E-state index in [1.54, 1.807) is 18.2 Å². The van der Waals surface area contributed by atoms with Crippen molar-refractivity contribution in [1.29, 1.82) is 0 Å². The maximum atomic E-state index is 12.9. The number of hydrogen-bond donors (Lipinski definition) is 0. The highest BCUT2D eigenvalue weighted by Gasteiger charge is 2.29. The molecule has 3 rings (SSSR count). The van der Waals surface area contributed by atoms with Gasteiger partial charge >= 0.3 is 5.97 Å². The highest BCUT2D eigenvalue weighted by atomic mass is 19.1. The van der Waals surface area contributed by atoms with Crippen LogP contribution in [-0.2, 0) is 19.5 Å². The minimum Gasteiger partial charge on any atom is -0.465 e. The van der Waals surface area contributed by atoms with E-state index >= 15 is 0 Å². The van der Waals surface area contributed by atoms with Crippen molar-refractivity contribution in [1.82, 2.24) is 0 Å². The average molecular weight is 305 g/mol. The van der Waals surface area contributed by atoms with E-state index in [2.05, 4.69) is 4.74 Å². The van der Waals surface area contributed by atoms with Gasteiger partial charge in [-0.2, -0.15) is 4.89 Å². The third kappa shape index (κ3) is 2.91. The number of halogens is 1. The zero-order valence-electron chi connectivity index (χ0n) is 11.6. The van der Waals surface area contributed by atoms with Gasteiger partial charge in [0, 0.05) is 5.56 Å². The third-order valence-corrected chi connectivity index (χ3v) is 3.01. The summed E-state index contributed by atoms with van der Waals surface area (Å²) in [5.41, 5.74) is 1.39. The number of ether oxygens (including phenoxy) is 1. The monoisotopic (exact) mass is 305 g/mol. The van der Waals surface area contributed by atoms with Gasteiger partial charge in [0.15, 0.2) is 0 Å². The Bertz CT molecular complexity index is 676. The molecule has 2 aromatic rings. The Labute approximate surface area is 125 Å². The summed E-state index contributed by atoms with van der Waals surface area (Å²) < 4.78 is 17.6. The van der Waals surface area contributed by atoms with Gasteiger partial charge in [0.2, 0.25) is 6.29 Å². The molecule has 1 aliphatic rings. The molecule has 6 nitrogen and oxygen atoms in total. The van der Waals surface area contributed by atoms with Gasteiger partial charge in [-0.3, -0.25) is 0 Å². The van der Waals surface area contributed by atoms with Crippen LogP contribution in [0, 0.1) is 5.82 Å². The maximum Gasteiger partial charge on any atom is 0.337 e. The smallest absolute Gasteiger partial charge is 0.337 e. The first-order valence-electron chi connectivity index (χ1n) is 6.41. The number of methoxy groups -OCH3 is 1. The Kier molecular flexibility index (Phi) is 4.01. The molecular weight excluding hydrogens is 293 g/mol. The molecule has 1 aliphatic heterocycles. The number of carbonyl (C=O) groups excluding carboxylic acids is 1. The minimum absolute atomic E-state index is 0.345. The predicted octanol–water partition coefficient (Wildman–Crippen LogP) is 2.93. The van der Waals surface area contributed by atoms with Gasteiger partial charge in [0.05, 0.1) is 18.4 Å². The zero-order chi connectivity index (χ0) is 15.5. The van der Waals surface area contributed by atoms with Gasteiger partial charge in [0.1, 0.15) is 5.82 Å². The van der Waals surface area contributed by atoms with Crippen LogP contribution >= 0.6 is 0 Å². The molecule has 1 fully saturated rings. The molecule has 22 heavy (non-hydrogen) atoms. The largest absolute Gasteiger partial charge is 0.465 e. The molecule has 0 aliphatic carbocycles. The van der Waals surface area contributed by atoms with Crippen LogP contribution in [0.3, 0.4) is 0 Å². The van der Waals surface area contributed by atoms with Crippen LogP contribution in [0.5, 0.6) is 0 Å². The second-order valence-electron chi connectivity index (χ2n) is 4.46. The molecule has 7 heteroatoms. The summed E-state index contributed by atoms with van der Waals surface area (Å²) in [5.74, 6) is -0.831. The second kappa shape index (κ2) is 6.10. The van der Waals surface area contributed by atoms with Gasteiger partial charge in [-0.25, -0.2) is 14.0 Å². The molecule has 1 atom stereocenters. The number of rotatable bonds is 3.